The molecule has 1 N–H and O–H groups in total. The maximum atomic E-state index is 14.6. The van der Waals surface area contributed by atoms with Crippen molar-refractivity contribution in [2.24, 2.45) is 5.92 Å². The summed E-state index contributed by atoms with van der Waals surface area (Å²) in [5, 5.41) is 3.26. The van der Waals surface area contributed by atoms with Gasteiger partial charge < -0.3 is 14.8 Å². The lowest BCUT2D eigenvalue weighted by Crippen LogP contribution is -2.38. The number of hydrogen-bond donors (Lipinski definition) is 1. The maximum absolute atomic E-state index is 14.6. The molecule has 1 saturated carbocycles. The van der Waals surface area contributed by atoms with Gasteiger partial charge in [-0.1, -0.05) is 6.07 Å². The molecule has 3 heterocycles. The van der Waals surface area contributed by atoms with E-state index in [1.165, 1.54) is 4.90 Å². The van der Waals surface area contributed by atoms with E-state index in [0.29, 0.717) is 49.9 Å². The number of ether oxygens (including phenoxy) is 2. The number of rotatable bonds is 5. The Morgan fingerprint density at radius 2 is 1.97 bits per heavy atom. The van der Waals surface area contributed by atoms with Gasteiger partial charge in [-0.25, -0.2) is 24.1 Å². The quantitative estimate of drug-likeness (QED) is 0.642. The summed E-state index contributed by atoms with van der Waals surface area (Å²) in [6, 6.07) is 5.09. The molecule has 2 fully saturated rings. The van der Waals surface area contributed by atoms with Crippen molar-refractivity contribution in [1.29, 1.82) is 0 Å². The number of nitrogens with one attached hydrogen (secondary N) is 1. The van der Waals surface area contributed by atoms with Crippen LogP contribution in [0.5, 0.6) is 0 Å². The summed E-state index contributed by atoms with van der Waals surface area (Å²) in [5.41, 5.74) is -0.149. The monoisotopic (exact) mass is 471 g/mol. The van der Waals surface area contributed by atoms with Crippen LogP contribution in [-0.4, -0.2) is 51.8 Å². The van der Waals surface area contributed by atoms with E-state index in [1.54, 1.807) is 18.2 Å². The number of halogens is 1. The van der Waals surface area contributed by atoms with E-state index >= 15 is 0 Å². The smallest absolute Gasteiger partial charge is 0.415 e. The van der Waals surface area contributed by atoms with Crippen LogP contribution in [0.1, 0.15) is 52.9 Å². The number of hydrogen-bond acceptors (Lipinski definition) is 8. The second kappa shape index (κ2) is 9.90. The van der Waals surface area contributed by atoms with Crippen LogP contribution in [0.4, 0.5) is 21.0 Å². The first kappa shape index (κ1) is 23.8. The van der Waals surface area contributed by atoms with E-state index < -0.39 is 17.5 Å². The van der Waals surface area contributed by atoms with Gasteiger partial charge in [-0.15, -0.1) is 0 Å². The molecule has 182 valence electrons. The molecule has 0 unspecified atom stereocenters. The molecule has 0 atom stereocenters. The zero-order valence-electron chi connectivity index (χ0n) is 19.7. The lowest BCUT2D eigenvalue weighted by molar-refractivity contribution is -0.161. The predicted molar refractivity (Wildman–Crippen MR) is 124 cm³/mol. The van der Waals surface area contributed by atoms with Crippen LogP contribution in [0, 0.1) is 11.7 Å². The average molecular weight is 472 g/mol. The number of amides is 1. The van der Waals surface area contributed by atoms with Crippen LogP contribution in [-0.2, 0) is 14.3 Å². The summed E-state index contributed by atoms with van der Waals surface area (Å²) < 4.78 is 25.2. The Labute approximate surface area is 198 Å². The van der Waals surface area contributed by atoms with Gasteiger partial charge in [0.05, 0.1) is 24.4 Å². The van der Waals surface area contributed by atoms with Crippen LogP contribution >= 0.6 is 0 Å². The highest BCUT2D eigenvalue weighted by atomic mass is 19.1. The molecule has 1 amide bonds. The van der Waals surface area contributed by atoms with Crippen LogP contribution in [0.15, 0.2) is 24.4 Å². The highest BCUT2D eigenvalue weighted by Gasteiger charge is 2.30. The van der Waals surface area contributed by atoms with Gasteiger partial charge in [0, 0.05) is 12.6 Å². The molecule has 2 aromatic rings. The Bertz CT molecular complexity index is 1050. The fraction of sp³-hybridized carbons (Fsp3) is 0.542. The molecule has 2 aliphatic rings. The second-order valence-corrected chi connectivity index (χ2v) is 9.62. The van der Waals surface area contributed by atoms with E-state index in [1.807, 2.05) is 20.8 Å². The van der Waals surface area contributed by atoms with Gasteiger partial charge in [-0.2, -0.15) is 0 Å². The number of nitrogens with zero attached hydrogens (tertiary/aromatic N) is 4. The number of pyridine rings is 1. The molecule has 2 aromatic heterocycles. The Balaban J connectivity index is 1.43. The third kappa shape index (κ3) is 5.78. The van der Waals surface area contributed by atoms with Crippen molar-refractivity contribution in [3.8, 4) is 11.4 Å². The normalized spacial score (nSPS) is 21.1. The Hall–Kier alpha value is -3.30. The summed E-state index contributed by atoms with van der Waals surface area (Å²) in [4.78, 5) is 38.7. The molecule has 1 aliphatic carbocycles. The predicted octanol–water partition coefficient (Wildman–Crippen LogP) is 4.34. The molecule has 4 rings (SSSR count). The maximum Gasteiger partial charge on any atom is 0.415 e. The first-order chi connectivity index (χ1) is 16.2. The highest BCUT2D eigenvalue weighted by molar-refractivity contribution is 5.87. The lowest BCUT2D eigenvalue weighted by Gasteiger charge is -2.30. The fourth-order valence-electron chi connectivity index (χ4n) is 4.12. The number of carbonyl (C=O) groups is 2. The van der Waals surface area contributed by atoms with Crippen molar-refractivity contribution >= 4 is 23.8 Å². The van der Waals surface area contributed by atoms with Crippen LogP contribution in [0.3, 0.4) is 0 Å². The third-order valence-corrected chi connectivity index (χ3v) is 5.77. The minimum Gasteiger partial charge on any atom is -0.460 e. The SMILES string of the molecule is CC(C)(C)OC(=O)C1CCC(Nc2ncc(F)c(-c3cccc(N4CCCOC4=O)n3)n2)CC1. The van der Waals surface area contributed by atoms with Gasteiger partial charge >= 0.3 is 12.1 Å². The van der Waals surface area contributed by atoms with Gasteiger partial charge in [0.2, 0.25) is 5.95 Å². The number of cyclic esters (lactones) is 1. The molecule has 34 heavy (non-hydrogen) atoms. The van der Waals surface area contributed by atoms with Crippen molar-refractivity contribution in [3.63, 3.8) is 0 Å². The molecular weight excluding hydrogens is 441 g/mol. The zero-order chi connectivity index (χ0) is 24.3. The summed E-state index contributed by atoms with van der Waals surface area (Å²) in [5.74, 6) is -0.202. The third-order valence-electron chi connectivity index (χ3n) is 5.77. The van der Waals surface area contributed by atoms with Gasteiger partial charge in [0.15, 0.2) is 5.82 Å². The molecule has 10 heteroatoms. The molecule has 0 aromatic carbocycles. The van der Waals surface area contributed by atoms with E-state index in [2.05, 4.69) is 20.3 Å². The van der Waals surface area contributed by atoms with Gasteiger partial charge in [0.1, 0.15) is 17.1 Å². The Morgan fingerprint density at radius 3 is 2.68 bits per heavy atom. The van der Waals surface area contributed by atoms with E-state index in [9.17, 15) is 14.0 Å². The van der Waals surface area contributed by atoms with Crippen LogP contribution in [0.25, 0.3) is 11.4 Å². The zero-order valence-corrected chi connectivity index (χ0v) is 19.7. The first-order valence-electron chi connectivity index (χ1n) is 11.6. The summed E-state index contributed by atoms with van der Waals surface area (Å²) in [7, 11) is 0. The fourth-order valence-corrected chi connectivity index (χ4v) is 4.12. The van der Waals surface area contributed by atoms with Crippen molar-refractivity contribution < 1.29 is 23.5 Å². The molecular formula is C24H30FN5O4. The van der Waals surface area contributed by atoms with Crippen molar-refractivity contribution in [1.82, 2.24) is 15.0 Å². The van der Waals surface area contributed by atoms with E-state index in [0.717, 1.165) is 19.0 Å². The minimum absolute atomic E-state index is 0.0483. The number of aromatic nitrogens is 3. The minimum atomic E-state index is -0.606. The van der Waals surface area contributed by atoms with Crippen molar-refractivity contribution in [2.75, 3.05) is 23.4 Å². The van der Waals surface area contributed by atoms with Gasteiger partial charge in [-0.05, 0) is 65.0 Å². The van der Waals surface area contributed by atoms with Gasteiger partial charge in [-0.3, -0.25) is 9.69 Å². The molecule has 0 radical (unpaired) electrons. The molecule has 9 nitrogen and oxygen atoms in total. The second-order valence-electron chi connectivity index (χ2n) is 9.62. The molecule has 1 aliphatic heterocycles. The van der Waals surface area contributed by atoms with E-state index in [4.69, 9.17) is 9.47 Å². The number of esters is 1. The standard InChI is InChI=1S/C24H30FN5O4/c1-24(2,3)34-21(31)15-8-10-16(11-9-15)27-22-26-14-17(25)20(29-22)18-6-4-7-19(28-18)30-12-5-13-33-23(30)32/h4,6-7,14-16H,5,8-13H2,1-3H3,(H,26,27,29). The average Bonchev–Trinajstić information content (AvgIpc) is 2.80. The topological polar surface area (TPSA) is 107 Å². The van der Waals surface area contributed by atoms with Gasteiger partial charge in [0.25, 0.3) is 0 Å². The van der Waals surface area contributed by atoms with Crippen LogP contribution in [0.2, 0.25) is 0 Å². The van der Waals surface area contributed by atoms with Crippen molar-refractivity contribution in [2.45, 2.75) is 64.5 Å². The first-order valence-corrected chi connectivity index (χ1v) is 11.6. The molecule has 0 bridgehead atoms. The van der Waals surface area contributed by atoms with Crippen molar-refractivity contribution in [3.05, 3.63) is 30.2 Å². The molecule has 0 spiro atoms. The highest BCUT2D eigenvalue weighted by Crippen LogP contribution is 2.29. The Kier molecular flexibility index (Phi) is 6.95. The molecule has 1 saturated heterocycles. The summed E-state index contributed by atoms with van der Waals surface area (Å²) in [6.45, 7) is 6.46. The lowest BCUT2D eigenvalue weighted by atomic mass is 9.86. The van der Waals surface area contributed by atoms with E-state index in [-0.39, 0.29) is 23.6 Å². The van der Waals surface area contributed by atoms with Crippen LogP contribution < -0.4 is 10.2 Å². The summed E-state index contributed by atoms with van der Waals surface area (Å²) in [6.07, 6.45) is 4.26. The number of carbonyl (C=O) groups excluding carboxylic acids is 2. The largest absolute Gasteiger partial charge is 0.460 e. The summed E-state index contributed by atoms with van der Waals surface area (Å²) >= 11 is 0. The number of anilines is 2. The Morgan fingerprint density at radius 1 is 1.21 bits per heavy atom.